The first-order chi connectivity index (χ1) is 15.0. The second-order valence-electron chi connectivity index (χ2n) is 6.98. The highest BCUT2D eigenvalue weighted by molar-refractivity contribution is 6.05. The van der Waals surface area contributed by atoms with E-state index in [4.69, 9.17) is 10.2 Å². The van der Waals surface area contributed by atoms with Crippen LogP contribution in [0.3, 0.4) is 0 Å². The molecule has 0 heterocycles. The predicted molar refractivity (Wildman–Crippen MR) is 92.6 cm³/mol. The van der Waals surface area contributed by atoms with Crippen molar-refractivity contribution < 1.29 is 65.9 Å². The molecule has 4 N–H and O–H groups in total. The average molecular weight is 480 g/mol. The van der Waals surface area contributed by atoms with E-state index in [1.165, 1.54) is 0 Å². The summed E-state index contributed by atoms with van der Waals surface area (Å²) in [6.07, 6.45) is 0. The van der Waals surface area contributed by atoms with Crippen LogP contribution in [0.25, 0.3) is 0 Å². The molecular weight excluding hydrogens is 470 g/mol. The first-order valence-corrected chi connectivity index (χ1v) is 8.34. The molecule has 33 heavy (non-hydrogen) atoms. The summed E-state index contributed by atoms with van der Waals surface area (Å²) in [5, 5.41) is 37.0. The molecule has 0 aromatic heterocycles. The molecule has 14 heteroatoms. The molecule has 0 saturated carbocycles. The van der Waals surface area contributed by atoms with Crippen LogP contribution in [0.2, 0.25) is 0 Å². The highest BCUT2D eigenvalue weighted by Crippen LogP contribution is 2.43. The number of halogens is 6. The number of benzene rings is 2. The molecule has 0 fully saturated rings. The molecule has 0 aliphatic carbocycles. The molecule has 2 aromatic rings. The largest absolute Gasteiger partial charge is 0.478 e. The van der Waals surface area contributed by atoms with Gasteiger partial charge in [0.15, 0.2) is 34.9 Å². The highest BCUT2D eigenvalue weighted by Gasteiger charge is 2.45. The fraction of sp³-hybridized carbons (Fsp3) is 0.158. The Bertz CT molecular complexity index is 1170. The zero-order valence-corrected chi connectivity index (χ0v) is 16.2. The van der Waals surface area contributed by atoms with Gasteiger partial charge in [0.1, 0.15) is 11.1 Å². The third-order valence-corrected chi connectivity index (χ3v) is 4.75. The van der Waals surface area contributed by atoms with Crippen molar-refractivity contribution in [2.75, 3.05) is 0 Å². The maximum absolute atomic E-state index is 14.8. The van der Waals surface area contributed by atoms with Crippen LogP contribution in [0.1, 0.15) is 66.4 Å². The van der Waals surface area contributed by atoms with Crippen molar-refractivity contribution in [2.45, 2.75) is 19.3 Å². The van der Waals surface area contributed by atoms with Gasteiger partial charge in [0.2, 0.25) is 0 Å². The summed E-state index contributed by atoms with van der Waals surface area (Å²) in [6.45, 7) is 1.07. The molecule has 0 atom stereocenters. The molecule has 2 aromatic carbocycles. The van der Waals surface area contributed by atoms with E-state index >= 15 is 0 Å². The minimum Gasteiger partial charge on any atom is -0.478 e. The van der Waals surface area contributed by atoms with E-state index in [2.05, 4.69) is 0 Å². The van der Waals surface area contributed by atoms with Gasteiger partial charge in [-0.15, -0.1) is 0 Å². The summed E-state index contributed by atoms with van der Waals surface area (Å²) in [5.74, 6) is -24.5. The summed E-state index contributed by atoms with van der Waals surface area (Å²) < 4.78 is 86.0. The van der Waals surface area contributed by atoms with E-state index in [0.717, 1.165) is 0 Å². The molecule has 0 spiro atoms. The van der Waals surface area contributed by atoms with E-state index < -0.39 is 97.6 Å². The number of aromatic carboxylic acids is 4. The SMILES string of the molecule is CC(C)(c1c(F)c(F)c(F)c(C(=O)O)c1C(=O)O)c1c(F)c(F)c(F)c(C(=O)O)c1C(=O)O. The van der Waals surface area contributed by atoms with E-state index in [9.17, 15) is 55.7 Å². The second-order valence-corrected chi connectivity index (χ2v) is 6.98. The van der Waals surface area contributed by atoms with Crippen LogP contribution in [0.4, 0.5) is 26.3 Å². The second kappa shape index (κ2) is 8.11. The highest BCUT2D eigenvalue weighted by atomic mass is 19.2. The van der Waals surface area contributed by atoms with Crippen molar-refractivity contribution in [1.29, 1.82) is 0 Å². The monoisotopic (exact) mass is 480 g/mol. The van der Waals surface area contributed by atoms with Crippen LogP contribution in [0, 0.1) is 34.9 Å². The van der Waals surface area contributed by atoms with E-state index in [-0.39, 0.29) is 0 Å². The van der Waals surface area contributed by atoms with Gasteiger partial charge in [0, 0.05) is 16.5 Å². The molecule has 8 nitrogen and oxygen atoms in total. The quantitative estimate of drug-likeness (QED) is 0.362. The van der Waals surface area contributed by atoms with E-state index in [0.29, 0.717) is 13.8 Å². The van der Waals surface area contributed by atoms with Gasteiger partial charge in [-0.3, -0.25) is 0 Å². The predicted octanol–water partition coefficient (Wildman–Crippen LogP) is 3.64. The molecule has 0 amide bonds. The summed E-state index contributed by atoms with van der Waals surface area (Å²) in [4.78, 5) is 46.1. The zero-order chi connectivity index (χ0) is 25.7. The number of carboxylic acids is 4. The minimum absolute atomic E-state index is 0.536. The van der Waals surface area contributed by atoms with Gasteiger partial charge in [0.05, 0.1) is 11.1 Å². The summed E-state index contributed by atoms with van der Waals surface area (Å²) in [6, 6.07) is 0. The van der Waals surface area contributed by atoms with Gasteiger partial charge >= 0.3 is 23.9 Å². The van der Waals surface area contributed by atoms with Crippen LogP contribution in [0.5, 0.6) is 0 Å². The van der Waals surface area contributed by atoms with E-state index in [1.807, 2.05) is 0 Å². The molecule has 2 rings (SSSR count). The molecular formula is C19H10F6O8. The smallest absolute Gasteiger partial charge is 0.339 e. The Morgan fingerprint density at radius 3 is 0.939 bits per heavy atom. The average Bonchev–Trinajstić information content (AvgIpc) is 2.67. The fourth-order valence-electron chi connectivity index (χ4n) is 3.45. The van der Waals surface area contributed by atoms with Crippen molar-refractivity contribution in [2.24, 2.45) is 0 Å². The Hall–Kier alpha value is -4.10. The third-order valence-electron chi connectivity index (χ3n) is 4.75. The first kappa shape index (κ1) is 25.2. The normalized spacial score (nSPS) is 11.4. The standard InChI is InChI=1S/C19H10F6O8/c1-19(2,7-3(15(26)27)5(17(30)31)9(20)13(24)11(7)22)8-4(16(28)29)6(18(32)33)10(21)14(25)12(8)23/h1-2H3,(H,26,27)(H,28,29)(H,30,31)(H,32,33). The van der Waals surface area contributed by atoms with Crippen molar-refractivity contribution >= 4 is 23.9 Å². The van der Waals surface area contributed by atoms with Crippen molar-refractivity contribution in [3.8, 4) is 0 Å². The third kappa shape index (κ3) is 3.62. The molecule has 0 bridgehead atoms. The van der Waals surface area contributed by atoms with Crippen molar-refractivity contribution in [3.63, 3.8) is 0 Å². The van der Waals surface area contributed by atoms with Gasteiger partial charge in [-0.25, -0.2) is 45.5 Å². The Kier molecular flexibility index (Phi) is 6.18. The molecule has 0 radical (unpaired) electrons. The molecule has 0 aliphatic rings. The van der Waals surface area contributed by atoms with Gasteiger partial charge in [-0.05, 0) is 0 Å². The number of hydrogen-bond acceptors (Lipinski definition) is 4. The van der Waals surface area contributed by atoms with Crippen LogP contribution in [0.15, 0.2) is 0 Å². The topological polar surface area (TPSA) is 149 Å². The van der Waals surface area contributed by atoms with Crippen LogP contribution >= 0.6 is 0 Å². The number of hydrogen-bond donors (Lipinski definition) is 4. The molecule has 0 aliphatic heterocycles. The Morgan fingerprint density at radius 2 is 0.727 bits per heavy atom. The Balaban J connectivity index is 3.29. The summed E-state index contributed by atoms with van der Waals surface area (Å²) in [5.41, 5.74) is -13.8. The number of carbonyl (C=O) groups is 4. The Labute approximate surface area is 178 Å². The maximum Gasteiger partial charge on any atom is 0.339 e. The lowest BCUT2D eigenvalue weighted by Crippen LogP contribution is -2.33. The Morgan fingerprint density at radius 1 is 0.485 bits per heavy atom. The number of carboxylic acid groups (broad SMARTS) is 4. The maximum atomic E-state index is 14.8. The minimum atomic E-state index is -2.92. The lowest BCUT2D eigenvalue weighted by molar-refractivity contribution is 0.0639. The van der Waals surface area contributed by atoms with E-state index in [1.54, 1.807) is 0 Å². The van der Waals surface area contributed by atoms with Gasteiger partial charge in [-0.2, -0.15) is 0 Å². The molecule has 176 valence electrons. The van der Waals surface area contributed by atoms with Crippen LogP contribution < -0.4 is 0 Å². The molecule has 0 saturated heterocycles. The van der Waals surface area contributed by atoms with Gasteiger partial charge < -0.3 is 20.4 Å². The fourth-order valence-corrected chi connectivity index (χ4v) is 3.45. The van der Waals surface area contributed by atoms with Crippen molar-refractivity contribution in [3.05, 3.63) is 68.3 Å². The van der Waals surface area contributed by atoms with Gasteiger partial charge in [0.25, 0.3) is 0 Å². The number of rotatable bonds is 6. The first-order valence-electron chi connectivity index (χ1n) is 8.34. The molecule has 0 unspecified atom stereocenters. The lowest BCUT2D eigenvalue weighted by Gasteiger charge is -2.31. The van der Waals surface area contributed by atoms with Crippen molar-refractivity contribution in [1.82, 2.24) is 0 Å². The summed E-state index contributed by atoms with van der Waals surface area (Å²) in [7, 11) is 0. The lowest BCUT2D eigenvalue weighted by atomic mass is 9.71. The van der Waals surface area contributed by atoms with Gasteiger partial charge in [-0.1, -0.05) is 13.8 Å². The van der Waals surface area contributed by atoms with Crippen LogP contribution in [-0.2, 0) is 5.41 Å². The van der Waals surface area contributed by atoms with Crippen LogP contribution in [-0.4, -0.2) is 44.3 Å². The summed E-state index contributed by atoms with van der Waals surface area (Å²) >= 11 is 0. The zero-order valence-electron chi connectivity index (χ0n) is 16.2.